The Kier molecular flexibility index (Phi) is 3.33. The molecule has 0 aromatic heterocycles. The molecule has 2 N–H and O–H groups in total. The van der Waals surface area contributed by atoms with Crippen LogP contribution in [0.2, 0.25) is 0 Å². The average molecular weight is 232 g/mol. The van der Waals surface area contributed by atoms with Gasteiger partial charge in [-0.1, -0.05) is 12.8 Å². The average Bonchev–Trinajstić information content (AvgIpc) is 2.71. The van der Waals surface area contributed by atoms with E-state index in [0.29, 0.717) is 6.54 Å². The van der Waals surface area contributed by atoms with E-state index in [0.717, 1.165) is 44.9 Å². The van der Waals surface area contributed by atoms with Gasteiger partial charge >= 0.3 is 0 Å². The van der Waals surface area contributed by atoms with Crippen LogP contribution in [-0.4, -0.2) is 30.7 Å². The van der Waals surface area contributed by atoms with Gasteiger partial charge in [0.2, 0.25) is 10.0 Å². The van der Waals surface area contributed by atoms with Crippen molar-refractivity contribution in [2.24, 2.45) is 5.73 Å². The summed E-state index contributed by atoms with van der Waals surface area (Å²) in [5, 5.41) is -0.151. The van der Waals surface area contributed by atoms with Crippen molar-refractivity contribution in [1.29, 1.82) is 0 Å². The molecule has 88 valence electrons. The minimum atomic E-state index is -3.10. The van der Waals surface area contributed by atoms with Crippen molar-refractivity contribution in [3.63, 3.8) is 0 Å². The van der Waals surface area contributed by atoms with Crippen LogP contribution in [0.4, 0.5) is 0 Å². The lowest BCUT2D eigenvalue weighted by molar-refractivity contribution is 0.255. The van der Waals surface area contributed by atoms with Gasteiger partial charge in [-0.2, -0.15) is 4.31 Å². The van der Waals surface area contributed by atoms with Gasteiger partial charge in [0.25, 0.3) is 0 Å². The quantitative estimate of drug-likeness (QED) is 0.773. The van der Waals surface area contributed by atoms with Gasteiger partial charge in [0.15, 0.2) is 0 Å². The van der Waals surface area contributed by atoms with Crippen LogP contribution in [0.15, 0.2) is 0 Å². The van der Waals surface area contributed by atoms with Gasteiger partial charge in [0.1, 0.15) is 0 Å². The summed E-state index contributed by atoms with van der Waals surface area (Å²) < 4.78 is 26.0. The molecule has 0 amide bonds. The molecule has 1 heterocycles. The molecule has 0 spiro atoms. The highest BCUT2D eigenvalue weighted by Crippen LogP contribution is 2.29. The fraction of sp³-hybridized carbons (Fsp3) is 1.00. The molecule has 1 unspecified atom stereocenters. The maximum absolute atomic E-state index is 12.2. The molecule has 2 fully saturated rings. The van der Waals surface area contributed by atoms with Crippen molar-refractivity contribution in [3.05, 3.63) is 0 Å². The number of hydrogen-bond acceptors (Lipinski definition) is 3. The molecule has 2 aliphatic rings. The molecule has 5 heteroatoms. The van der Waals surface area contributed by atoms with Crippen LogP contribution in [0.1, 0.15) is 44.9 Å². The largest absolute Gasteiger partial charge is 0.315 e. The van der Waals surface area contributed by atoms with Crippen LogP contribution in [0.5, 0.6) is 0 Å². The number of piperidine rings is 1. The molecular formula is C10H20N2O2S. The fourth-order valence-corrected chi connectivity index (χ4v) is 4.80. The molecule has 2 rings (SSSR count). The molecule has 1 saturated heterocycles. The van der Waals surface area contributed by atoms with E-state index in [1.54, 1.807) is 4.31 Å². The van der Waals surface area contributed by atoms with Crippen molar-refractivity contribution in [2.75, 3.05) is 6.54 Å². The summed E-state index contributed by atoms with van der Waals surface area (Å²) in [6, 6.07) is 0. The Labute approximate surface area is 91.9 Å². The number of nitrogens with zero attached hydrogens (tertiary/aromatic N) is 1. The van der Waals surface area contributed by atoms with E-state index < -0.39 is 10.0 Å². The molecule has 1 aliphatic carbocycles. The molecule has 1 saturated carbocycles. The minimum Gasteiger partial charge on any atom is -0.315 e. The van der Waals surface area contributed by atoms with Crippen molar-refractivity contribution >= 4 is 10.0 Å². The topological polar surface area (TPSA) is 63.4 Å². The highest BCUT2D eigenvalue weighted by molar-refractivity contribution is 7.89. The summed E-state index contributed by atoms with van der Waals surface area (Å²) in [6.07, 6.45) is 6.30. The molecule has 1 aliphatic heterocycles. The monoisotopic (exact) mass is 232 g/mol. The molecule has 0 aromatic carbocycles. The Morgan fingerprint density at radius 2 is 1.60 bits per heavy atom. The summed E-state index contributed by atoms with van der Waals surface area (Å²) in [6.45, 7) is 0.625. The van der Waals surface area contributed by atoms with Gasteiger partial charge in [-0.15, -0.1) is 0 Å². The number of nitrogens with two attached hydrogens (primary N) is 1. The van der Waals surface area contributed by atoms with E-state index in [1.807, 2.05) is 0 Å². The molecule has 4 nitrogen and oxygen atoms in total. The number of hydrogen-bond donors (Lipinski definition) is 1. The number of sulfonamides is 1. The lowest BCUT2D eigenvalue weighted by Gasteiger charge is -2.33. The van der Waals surface area contributed by atoms with Gasteiger partial charge in [-0.3, -0.25) is 0 Å². The zero-order valence-corrected chi connectivity index (χ0v) is 9.88. The lowest BCUT2D eigenvalue weighted by atomic mass is 10.1. The van der Waals surface area contributed by atoms with Crippen LogP contribution in [0, 0.1) is 0 Å². The normalized spacial score (nSPS) is 30.9. The van der Waals surface area contributed by atoms with Gasteiger partial charge < -0.3 is 5.73 Å². The first-order valence-corrected chi connectivity index (χ1v) is 7.39. The van der Waals surface area contributed by atoms with E-state index in [9.17, 15) is 8.42 Å². The molecule has 0 radical (unpaired) electrons. The third-order valence-electron chi connectivity index (χ3n) is 3.55. The first-order valence-electron chi connectivity index (χ1n) is 5.88. The summed E-state index contributed by atoms with van der Waals surface area (Å²) in [5.74, 6) is 0. The zero-order valence-electron chi connectivity index (χ0n) is 9.06. The Hall–Kier alpha value is -0.130. The summed E-state index contributed by atoms with van der Waals surface area (Å²) >= 11 is 0. The van der Waals surface area contributed by atoms with Crippen molar-refractivity contribution < 1.29 is 8.42 Å². The van der Waals surface area contributed by atoms with Crippen LogP contribution < -0.4 is 5.73 Å². The second-order valence-corrected chi connectivity index (χ2v) is 6.79. The van der Waals surface area contributed by atoms with Crippen LogP contribution >= 0.6 is 0 Å². The minimum absolute atomic E-state index is 0.151. The Morgan fingerprint density at radius 1 is 1.00 bits per heavy atom. The predicted octanol–water partition coefficient (Wildman–Crippen LogP) is 1.03. The molecule has 1 atom stereocenters. The van der Waals surface area contributed by atoms with Crippen LogP contribution in [-0.2, 0) is 10.0 Å². The maximum atomic E-state index is 12.2. The van der Waals surface area contributed by atoms with Crippen LogP contribution in [0.25, 0.3) is 0 Å². The fourth-order valence-electron chi connectivity index (χ4n) is 2.62. The first kappa shape index (κ1) is 11.4. The van der Waals surface area contributed by atoms with E-state index in [2.05, 4.69) is 0 Å². The smallest absolute Gasteiger partial charge is 0.218 e. The van der Waals surface area contributed by atoms with Crippen molar-refractivity contribution in [3.8, 4) is 0 Å². The zero-order chi connectivity index (χ0) is 10.9. The second kappa shape index (κ2) is 4.39. The standard InChI is InChI=1S/C10H20N2O2S/c11-10-7-3-4-8-12(10)15(13,14)9-5-1-2-6-9/h9-10H,1-8,11H2. The first-order chi connectivity index (χ1) is 7.12. The van der Waals surface area contributed by atoms with Crippen molar-refractivity contribution in [1.82, 2.24) is 4.31 Å². The lowest BCUT2D eigenvalue weighted by Crippen LogP contribution is -2.51. The second-order valence-electron chi connectivity index (χ2n) is 4.63. The molecule has 15 heavy (non-hydrogen) atoms. The van der Waals surface area contributed by atoms with E-state index >= 15 is 0 Å². The van der Waals surface area contributed by atoms with E-state index in [1.165, 1.54) is 0 Å². The van der Waals surface area contributed by atoms with Crippen molar-refractivity contribution in [2.45, 2.75) is 56.4 Å². The number of rotatable bonds is 2. The highest BCUT2D eigenvalue weighted by atomic mass is 32.2. The van der Waals surface area contributed by atoms with Gasteiger partial charge in [-0.25, -0.2) is 8.42 Å². The van der Waals surface area contributed by atoms with Gasteiger partial charge in [0, 0.05) is 6.54 Å². The van der Waals surface area contributed by atoms with Gasteiger partial charge in [0.05, 0.1) is 11.4 Å². The SMILES string of the molecule is NC1CCCCN1S(=O)(=O)C1CCCC1. The van der Waals surface area contributed by atoms with E-state index in [4.69, 9.17) is 5.73 Å². The summed E-state index contributed by atoms with van der Waals surface area (Å²) in [4.78, 5) is 0. The highest BCUT2D eigenvalue weighted by Gasteiger charge is 2.37. The Morgan fingerprint density at radius 3 is 2.20 bits per heavy atom. The maximum Gasteiger partial charge on any atom is 0.218 e. The Bertz CT molecular complexity index is 309. The molecular weight excluding hydrogens is 212 g/mol. The molecule has 0 bridgehead atoms. The van der Waals surface area contributed by atoms with Gasteiger partial charge in [-0.05, 0) is 32.1 Å². The summed E-state index contributed by atoms with van der Waals surface area (Å²) in [5.41, 5.74) is 5.88. The Balaban J connectivity index is 2.12. The van der Waals surface area contributed by atoms with E-state index in [-0.39, 0.29) is 11.4 Å². The third-order valence-corrected chi connectivity index (χ3v) is 5.97. The third kappa shape index (κ3) is 2.19. The molecule has 0 aromatic rings. The summed E-state index contributed by atoms with van der Waals surface area (Å²) in [7, 11) is -3.10. The predicted molar refractivity (Wildman–Crippen MR) is 59.7 cm³/mol. The van der Waals surface area contributed by atoms with Crippen LogP contribution in [0.3, 0.4) is 0 Å².